The largest absolute Gasteiger partial charge is 0.326 e. The van der Waals surface area contributed by atoms with Crippen molar-refractivity contribution in [1.82, 2.24) is 4.83 Å². The highest BCUT2D eigenvalue weighted by Crippen LogP contribution is 2.25. The molecule has 0 saturated heterocycles. The van der Waals surface area contributed by atoms with Gasteiger partial charge in [-0.25, -0.2) is 0 Å². The zero-order valence-electron chi connectivity index (χ0n) is 16.2. The van der Waals surface area contributed by atoms with Crippen molar-refractivity contribution >= 4 is 43.3 Å². The van der Waals surface area contributed by atoms with Gasteiger partial charge in [-0.3, -0.25) is 4.79 Å². The van der Waals surface area contributed by atoms with E-state index >= 15 is 0 Å². The molecule has 1 fully saturated rings. The SMILES string of the molecule is C/C(=N\NS(=O)(=O)c1ccc(Br)cc1)c1cccc(NC(=O)C2CCCCC2)c1. The average Bonchev–Trinajstić information content (AvgIpc) is 2.73. The minimum atomic E-state index is -3.75. The molecule has 0 unspecified atom stereocenters. The summed E-state index contributed by atoms with van der Waals surface area (Å²) in [5, 5.41) is 7.00. The van der Waals surface area contributed by atoms with Crippen molar-refractivity contribution in [2.24, 2.45) is 11.0 Å². The van der Waals surface area contributed by atoms with Gasteiger partial charge in [0.15, 0.2) is 0 Å². The Morgan fingerprint density at radius 2 is 1.76 bits per heavy atom. The predicted molar refractivity (Wildman–Crippen MR) is 118 cm³/mol. The summed E-state index contributed by atoms with van der Waals surface area (Å²) in [4.78, 5) is 14.8. The number of amides is 1. The lowest BCUT2D eigenvalue weighted by molar-refractivity contribution is -0.120. The Balaban J connectivity index is 1.68. The maximum atomic E-state index is 12.5. The minimum Gasteiger partial charge on any atom is -0.326 e. The van der Waals surface area contributed by atoms with Gasteiger partial charge in [0.2, 0.25) is 5.91 Å². The van der Waals surface area contributed by atoms with E-state index in [9.17, 15) is 13.2 Å². The fourth-order valence-corrected chi connectivity index (χ4v) is 4.41. The molecule has 0 spiro atoms. The lowest BCUT2D eigenvalue weighted by atomic mass is 9.88. The van der Waals surface area contributed by atoms with Crippen LogP contribution in [0.1, 0.15) is 44.6 Å². The number of hydrogen-bond donors (Lipinski definition) is 2. The van der Waals surface area contributed by atoms with Crippen LogP contribution in [0, 0.1) is 5.92 Å². The standard InChI is InChI=1S/C21H24BrN3O3S/c1-15(24-25-29(27,28)20-12-10-18(22)11-13-20)17-8-5-9-19(14-17)23-21(26)16-6-3-2-4-7-16/h5,8-14,16,25H,2-4,6-7H2,1H3,(H,23,26)/b24-15+. The molecule has 3 rings (SSSR count). The van der Waals surface area contributed by atoms with Crippen LogP contribution in [-0.4, -0.2) is 20.0 Å². The molecule has 0 radical (unpaired) electrons. The summed E-state index contributed by atoms with van der Waals surface area (Å²) >= 11 is 3.28. The van der Waals surface area contributed by atoms with Gasteiger partial charge in [-0.15, -0.1) is 0 Å². The van der Waals surface area contributed by atoms with Gasteiger partial charge in [0.25, 0.3) is 10.0 Å². The van der Waals surface area contributed by atoms with Gasteiger partial charge in [0.05, 0.1) is 10.6 Å². The van der Waals surface area contributed by atoms with Crippen molar-refractivity contribution in [2.75, 3.05) is 5.32 Å². The first kappa shape index (κ1) is 21.5. The summed E-state index contributed by atoms with van der Waals surface area (Å²) in [7, 11) is -3.75. The summed E-state index contributed by atoms with van der Waals surface area (Å²) in [5.74, 6) is 0.118. The number of hydrazone groups is 1. The third-order valence-corrected chi connectivity index (χ3v) is 6.73. The van der Waals surface area contributed by atoms with Gasteiger partial charge in [0.1, 0.15) is 0 Å². The number of benzene rings is 2. The van der Waals surface area contributed by atoms with E-state index in [1.54, 1.807) is 25.1 Å². The van der Waals surface area contributed by atoms with E-state index < -0.39 is 10.0 Å². The number of nitrogens with one attached hydrogen (secondary N) is 2. The van der Waals surface area contributed by atoms with E-state index in [-0.39, 0.29) is 16.7 Å². The van der Waals surface area contributed by atoms with Gasteiger partial charge in [0, 0.05) is 16.1 Å². The molecule has 2 aromatic rings. The first-order valence-electron chi connectivity index (χ1n) is 9.58. The van der Waals surface area contributed by atoms with E-state index in [1.807, 2.05) is 18.2 Å². The van der Waals surface area contributed by atoms with E-state index in [4.69, 9.17) is 0 Å². The Morgan fingerprint density at radius 3 is 2.45 bits per heavy atom. The molecule has 1 amide bonds. The number of anilines is 1. The Hall–Kier alpha value is -2.19. The van der Waals surface area contributed by atoms with Crippen molar-refractivity contribution < 1.29 is 13.2 Å². The highest BCUT2D eigenvalue weighted by Gasteiger charge is 2.21. The third kappa shape index (κ3) is 5.90. The highest BCUT2D eigenvalue weighted by molar-refractivity contribution is 9.10. The summed E-state index contributed by atoms with van der Waals surface area (Å²) in [5.41, 5.74) is 1.91. The number of carbonyl (C=O) groups excluding carboxylic acids is 1. The monoisotopic (exact) mass is 477 g/mol. The van der Waals surface area contributed by atoms with Crippen molar-refractivity contribution in [3.05, 3.63) is 58.6 Å². The first-order chi connectivity index (χ1) is 13.8. The molecule has 29 heavy (non-hydrogen) atoms. The number of nitrogens with zero attached hydrogens (tertiary/aromatic N) is 1. The highest BCUT2D eigenvalue weighted by atomic mass is 79.9. The van der Waals surface area contributed by atoms with Crippen LogP contribution in [-0.2, 0) is 14.8 Å². The molecular formula is C21H24BrN3O3S. The Morgan fingerprint density at radius 1 is 1.07 bits per heavy atom. The third-order valence-electron chi connectivity index (χ3n) is 4.98. The van der Waals surface area contributed by atoms with Gasteiger partial charge in [-0.2, -0.15) is 18.4 Å². The molecule has 8 heteroatoms. The molecular weight excluding hydrogens is 454 g/mol. The summed E-state index contributed by atoms with van der Waals surface area (Å²) in [6, 6.07) is 13.6. The maximum absolute atomic E-state index is 12.5. The number of carbonyl (C=O) groups is 1. The lowest BCUT2D eigenvalue weighted by Crippen LogP contribution is -2.24. The summed E-state index contributed by atoms with van der Waals surface area (Å²) in [6.45, 7) is 1.71. The molecule has 0 heterocycles. The quantitative estimate of drug-likeness (QED) is 0.467. The summed E-state index contributed by atoms with van der Waals surface area (Å²) < 4.78 is 25.5. The molecule has 1 aliphatic rings. The summed E-state index contributed by atoms with van der Waals surface area (Å²) in [6.07, 6.45) is 5.27. The normalized spacial score (nSPS) is 15.7. The van der Waals surface area contributed by atoms with E-state index in [0.29, 0.717) is 11.4 Å². The van der Waals surface area contributed by atoms with Crippen LogP contribution in [0.25, 0.3) is 0 Å². The van der Waals surface area contributed by atoms with Gasteiger partial charge in [-0.05, 0) is 61.7 Å². The smallest absolute Gasteiger partial charge is 0.276 e. The second-order valence-corrected chi connectivity index (χ2v) is 9.73. The molecule has 1 aliphatic carbocycles. The number of hydrogen-bond acceptors (Lipinski definition) is 4. The molecule has 0 aromatic heterocycles. The van der Waals surface area contributed by atoms with Gasteiger partial charge in [-0.1, -0.05) is 47.3 Å². The molecule has 2 N–H and O–H groups in total. The van der Waals surface area contributed by atoms with E-state index in [2.05, 4.69) is 31.2 Å². The number of halogens is 1. The minimum absolute atomic E-state index is 0.0485. The zero-order chi connectivity index (χ0) is 20.9. The molecule has 1 saturated carbocycles. The van der Waals surface area contributed by atoms with Crippen molar-refractivity contribution in [1.29, 1.82) is 0 Å². The lowest BCUT2D eigenvalue weighted by Gasteiger charge is -2.20. The van der Waals surface area contributed by atoms with Gasteiger partial charge < -0.3 is 5.32 Å². The molecule has 0 aliphatic heterocycles. The number of rotatable bonds is 6. The van der Waals surface area contributed by atoms with Crippen LogP contribution >= 0.6 is 15.9 Å². The molecule has 2 aromatic carbocycles. The first-order valence-corrected chi connectivity index (χ1v) is 11.9. The Bertz CT molecular complexity index is 998. The Kier molecular flexibility index (Phi) is 7.08. The molecule has 154 valence electrons. The van der Waals surface area contributed by atoms with Crippen LogP contribution in [0.3, 0.4) is 0 Å². The van der Waals surface area contributed by atoms with Crippen molar-refractivity contribution in [3.8, 4) is 0 Å². The van der Waals surface area contributed by atoms with Crippen LogP contribution in [0.15, 0.2) is 63.0 Å². The van der Waals surface area contributed by atoms with E-state index in [0.717, 1.165) is 35.7 Å². The predicted octanol–water partition coefficient (Wildman–Crippen LogP) is 4.67. The van der Waals surface area contributed by atoms with Crippen LogP contribution in [0.5, 0.6) is 0 Å². The Labute approximate surface area is 180 Å². The van der Waals surface area contributed by atoms with Crippen molar-refractivity contribution in [3.63, 3.8) is 0 Å². The molecule has 0 bridgehead atoms. The van der Waals surface area contributed by atoms with Crippen molar-refractivity contribution in [2.45, 2.75) is 43.9 Å². The second-order valence-electron chi connectivity index (χ2n) is 7.15. The maximum Gasteiger partial charge on any atom is 0.276 e. The molecule has 6 nitrogen and oxygen atoms in total. The van der Waals surface area contributed by atoms with E-state index in [1.165, 1.54) is 18.6 Å². The molecule has 0 atom stereocenters. The average molecular weight is 478 g/mol. The zero-order valence-corrected chi connectivity index (χ0v) is 18.6. The topological polar surface area (TPSA) is 87.6 Å². The second kappa shape index (κ2) is 9.54. The fourth-order valence-electron chi connectivity index (χ4n) is 3.29. The number of sulfonamides is 1. The van der Waals surface area contributed by atoms with Crippen LogP contribution < -0.4 is 10.1 Å². The van der Waals surface area contributed by atoms with Gasteiger partial charge >= 0.3 is 0 Å². The van der Waals surface area contributed by atoms with Crippen LogP contribution in [0.4, 0.5) is 5.69 Å². The fraction of sp³-hybridized carbons (Fsp3) is 0.333. The van der Waals surface area contributed by atoms with Crippen LogP contribution in [0.2, 0.25) is 0 Å².